The molecule has 0 aliphatic rings. The Morgan fingerprint density at radius 2 is 0.828 bits per heavy atom. The Labute approximate surface area is 147 Å². The minimum Gasteiger partial charge on any atom is -0.203 e. The van der Waals surface area contributed by atoms with Gasteiger partial charge in [-0.2, -0.15) is 43.9 Å². The van der Waals surface area contributed by atoms with Crippen molar-refractivity contribution in [3.63, 3.8) is 0 Å². The summed E-state index contributed by atoms with van der Waals surface area (Å²) >= 11 is 0. The maximum atomic E-state index is 13.6. The molecule has 0 aromatic heterocycles. The predicted octanol–water partition coefficient (Wildman–Crippen LogP) is 6.97. The van der Waals surface area contributed by atoms with E-state index in [4.69, 9.17) is 0 Å². The van der Waals surface area contributed by atoms with Crippen LogP contribution in [0.15, 0.2) is 17.2 Å². The largest absolute Gasteiger partial charge is 0.445 e. The number of halogens is 16. The van der Waals surface area contributed by atoms with Gasteiger partial charge in [-0.3, -0.25) is 0 Å². The Hall–Kier alpha value is -2.42. The summed E-state index contributed by atoms with van der Waals surface area (Å²) in [6, 6.07) is 0. The van der Waals surface area contributed by atoms with Gasteiger partial charge in [-0.15, -0.1) is 0 Å². The topological polar surface area (TPSA) is 0 Å². The molecule has 0 heterocycles. The molecule has 0 N–H and O–H groups in total. The van der Waals surface area contributed by atoms with E-state index < -0.39 is 76.0 Å². The van der Waals surface area contributed by atoms with E-state index in [1.165, 1.54) is 0 Å². The maximum absolute atomic E-state index is 13.6. The summed E-state index contributed by atoms with van der Waals surface area (Å²) in [5, 5.41) is 0. The lowest BCUT2D eigenvalue weighted by molar-refractivity contribution is -0.116. The van der Waals surface area contributed by atoms with Crippen LogP contribution in [0.2, 0.25) is 0 Å². The summed E-state index contributed by atoms with van der Waals surface area (Å²) in [6.07, 6.45) is -20.5. The van der Waals surface area contributed by atoms with Crippen molar-refractivity contribution < 1.29 is 70.2 Å². The number of hydrogen-bond donors (Lipinski definition) is 0. The first-order valence-corrected chi connectivity index (χ1v) is 6.27. The second-order valence-corrected chi connectivity index (χ2v) is 4.82. The summed E-state index contributed by atoms with van der Waals surface area (Å²) < 4.78 is 206. The minimum atomic E-state index is -6.95. The van der Waals surface area contributed by atoms with Gasteiger partial charge in [0.05, 0.1) is 11.1 Å². The van der Waals surface area contributed by atoms with Gasteiger partial charge in [0, 0.05) is 0 Å². The van der Waals surface area contributed by atoms with Crippen LogP contribution in [-0.4, -0.2) is 18.5 Å². The number of hydrogen-bond acceptors (Lipinski definition) is 0. The molecule has 0 atom stereocenters. The molecule has 0 bridgehead atoms. The minimum absolute atomic E-state index is 3.14. The number of benzene rings is 1. The van der Waals surface area contributed by atoms with Crippen LogP contribution in [0.1, 0.15) is 5.56 Å². The van der Waals surface area contributed by atoms with E-state index in [1.807, 2.05) is 0 Å². The Balaban J connectivity index is 4.39. The van der Waals surface area contributed by atoms with Crippen molar-refractivity contribution in [2.75, 3.05) is 0 Å². The predicted molar refractivity (Wildman–Crippen MR) is 60.6 cm³/mol. The first kappa shape index (κ1) is 24.6. The van der Waals surface area contributed by atoms with Crippen LogP contribution in [0.4, 0.5) is 70.2 Å². The first-order valence-electron chi connectivity index (χ1n) is 6.27. The maximum Gasteiger partial charge on any atom is 0.445 e. The summed E-state index contributed by atoms with van der Waals surface area (Å²) in [5.41, 5.74) is -11.9. The van der Waals surface area contributed by atoms with E-state index >= 15 is 0 Å². The average molecular weight is 460 g/mol. The third-order valence-electron chi connectivity index (χ3n) is 2.94. The SMILES string of the molecule is FC(=C(\F)C(F)(F)F)/C(=C(/c1c(F)c(F)c(F)c(F)c1F)C(F)(F)F)C(F)(F)F. The van der Waals surface area contributed by atoms with E-state index in [2.05, 4.69) is 0 Å². The highest BCUT2D eigenvalue weighted by Gasteiger charge is 2.53. The van der Waals surface area contributed by atoms with Crippen molar-refractivity contribution in [3.8, 4) is 0 Å². The Kier molecular flexibility index (Phi) is 6.31. The van der Waals surface area contributed by atoms with Gasteiger partial charge < -0.3 is 0 Å². The van der Waals surface area contributed by atoms with Gasteiger partial charge in [0.15, 0.2) is 29.1 Å². The second-order valence-electron chi connectivity index (χ2n) is 4.82. The molecule has 1 rings (SSSR count). The highest BCUT2D eigenvalue weighted by Crippen LogP contribution is 2.49. The van der Waals surface area contributed by atoms with Crippen LogP contribution < -0.4 is 0 Å². The van der Waals surface area contributed by atoms with E-state index in [-0.39, 0.29) is 0 Å². The monoisotopic (exact) mass is 460 g/mol. The zero-order chi connectivity index (χ0) is 23.3. The highest BCUT2D eigenvalue weighted by molar-refractivity contribution is 5.77. The molecule has 0 spiro atoms. The fourth-order valence-electron chi connectivity index (χ4n) is 1.84. The molecule has 0 aliphatic carbocycles. The lowest BCUT2D eigenvalue weighted by atomic mass is 9.95. The quantitative estimate of drug-likeness (QED) is 0.194. The molecule has 0 unspecified atom stereocenters. The molecule has 0 saturated carbocycles. The van der Waals surface area contributed by atoms with Crippen molar-refractivity contribution >= 4 is 5.57 Å². The zero-order valence-electron chi connectivity index (χ0n) is 12.5. The van der Waals surface area contributed by atoms with Crippen LogP contribution in [0.3, 0.4) is 0 Å². The van der Waals surface area contributed by atoms with Crippen molar-refractivity contribution in [2.45, 2.75) is 18.5 Å². The van der Waals surface area contributed by atoms with Crippen molar-refractivity contribution in [3.05, 3.63) is 51.9 Å². The average Bonchev–Trinajstić information content (AvgIpc) is 2.53. The standard InChI is InChI=1S/C13F16/c14-4-1(5(15)8(18)9(19)7(4)17)2(11(21,22)23)3(12(24,25)26)6(16)10(20)13(27,28)29/b3-2+,10-6-. The third kappa shape index (κ3) is 4.60. The zero-order valence-corrected chi connectivity index (χ0v) is 12.5. The first-order chi connectivity index (χ1) is 12.7. The second kappa shape index (κ2) is 7.44. The highest BCUT2D eigenvalue weighted by atomic mass is 19.4. The van der Waals surface area contributed by atoms with Crippen LogP contribution in [0, 0.1) is 29.1 Å². The molecule has 0 amide bonds. The van der Waals surface area contributed by atoms with Crippen LogP contribution in [-0.2, 0) is 0 Å². The lowest BCUT2D eigenvalue weighted by Crippen LogP contribution is -2.26. The summed E-state index contributed by atoms with van der Waals surface area (Å²) in [5.74, 6) is -25.5. The fraction of sp³-hybridized carbons (Fsp3) is 0.231. The van der Waals surface area contributed by atoms with Crippen LogP contribution in [0.25, 0.3) is 5.57 Å². The third-order valence-corrected chi connectivity index (χ3v) is 2.94. The molecule has 29 heavy (non-hydrogen) atoms. The molecule has 1 aromatic carbocycles. The van der Waals surface area contributed by atoms with Gasteiger partial charge in [-0.05, 0) is 0 Å². The summed E-state index contributed by atoms with van der Waals surface area (Å²) in [6.45, 7) is 0. The van der Waals surface area contributed by atoms with E-state index in [0.717, 1.165) is 0 Å². The molecule has 16 heteroatoms. The molecular formula is C13F16. The number of alkyl halides is 9. The van der Waals surface area contributed by atoms with Gasteiger partial charge in [0.25, 0.3) is 0 Å². The molecule has 0 nitrogen and oxygen atoms in total. The van der Waals surface area contributed by atoms with Crippen molar-refractivity contribution in [1.29, 1.82) is 0 Å². The van der Waals surface area contributed by atoms with E-state index in [1.54, 1.807) is 0 Å². The van der Waals surface area contributed by atoms with Crippen molar-refractivity contribution in [2.24, 2.45) is 0 Å². The van der Waals surface area contributed by atoms with Crippen LogP contribution >= 0.6 is 0 Å². The smallest absolute Gasteiger partial charge is 0.203 e. The van der Waals surface area contributed by atoms with Gasteiger partial charge >= 0.3 is 18.5 Å². The molecule has 0 radical (unpaired) electrons. The van der Waals surface area contributed by atoms with Crippen molar-refractivity contribution in [1.82, 2.24) is 0 Å². The van der Waals surface area contributed by atoms with Gasteiger partial charge in [0.1, 0.15) is 5.57 Å². The van der Waals surface area contributed by atoms with E-state index in [0.29, 0.717) is 0 Å². The molecule has 164 valence electrons. The Bertz CT molecular complexity index is 847. The van der Waals surface area contributed by atoms with E-state index in [9.17, 15) is 70.2 Å². The molecule has 0 aliphatic heterocycles. The van der Waals surface area contributed by atoms with Gasteiger partial charge in [0.2, 0.25) is 11.6 Å². The molecule has 1 aromatic rings. The molecular weight excluding hydrogens is 460 g/mol. The lowest BCUT2D eigenvalue weighted by Gasteiger charge is -2.21. The number of rotatable bonds is 2. The Morgan fingerprint density at radius 1 is 0.483 bits per heavy atom. The van der Waals surface area contributed by atoms with Gasteiger partial charge in [-0.25, -0.2) is 26.3 Å². The molecule has 0 fully saturated rings. The molecule has 0 saturated heterocycles. The Morgan fingerprint density at radius 3 is 1.10 bits per heavy atom. The fourth-order valence-corrected chi connectivity index (χ4v) is 1.84. The number of allylic oxidation sites excluding steroid dienone is 4. The van der Waals surface area contributed by atoms with Crippen LogP contribution in [0.5, 0.6) is 0 Å². The van der Waals surface area contributed by atoms with Gasteiger partial charge in [-0.1, -0.05) is 0 Å². The summed E-state index contributed by atoms with van der Waals surface area (Å²) in [4.78, 5) is 0. The summed E-state index contributed by atoms with van der Waals surface area (Å²) in [7, 11) is 0. The normalized spacial score (nSPS) is 15.3.